The van der Waals surface area contributed by atoms with Crippen LogP contribution in [0, 0.1) is 13.8 Å². The summed E-state index contributed by atoms with van der Waals surface area (Å²) < 4.78 is 1.56. The predicted molar refractivity (Wildman–Crippen MR) is 91.6 cm³/mol. The molecular formula is C17H19ClN4O. The lowest BCUT2D eigenvalue weighted by Crippen LogP contribution is -2.30. The number of nitrogens with zero attached hydrogens (tertiary/aromatic N) is 2. The lowest BCUT2D eigenvalue weighted by atomic mass is 10.1. The first kappa shape index (κ1) is 15.6. The molecule has 0 spiro atoms. The molecule has 6 heteroatoms. The highest BCUT2D eigenvalue weighted by Crippen LogP contribution is 2.22. The predicted octanol–water partition coefficient (Wildman–Crippen LogP) is 3.51. The van der Waals surface area contributed by atoms with Gasteiger partial charge in [0.15, 0.2) is 0 Å². The number of halogens is 1. The molecule has 0 aliphatic carbocycles. The fourth-order valence-electron chi connectivity index (χ4n) is 2.60. The van der Waals surface area contributed by atoms with Gasteiger partial charge in [0.25, 0.3) is 0 Å². The largest absolute Gasteiger partial charge is 0.358 e. The third-order valence-electron chi connectivity index (χ3n) is 4.19. The van der Waals surface area contributed by atoms with Crippen LogP contribution in [0.15, 0.2) is 30.6 Å². The second-order valence-electron chi connectivity index (χ2n) is 5.79. The van der Waals surface area contributed by atoms with Crippen LogP contribution in [0.5, 0.6) is 0 Å². The number of benzene rings is 1. The summed E-state index contributed by atoms with van der Waals surface area (Å²) in [6.45, 7) is 6.44. The van der Waals surface area contributed by atoms with E-state index in [4.69, 9.17) is 11.6 Å². The van der Waals surface area contributed by atoms with Crippen molar-refractivity contribution in [3.8, 4) is 0 Å². The Morgan fingerprint density at radius 1 is 1.43 bits per heavy atom. The molecule has 3 rings (SSSR count). The second-order valence-corrected chi connectivity index (χ2v) is 6.22. The van der Waals surface area contributed by atoms with E-state index in [0.29, 0.717) is 11.6 Å². The van der Waals surface area contributed by atoms with Crippen molar-refractivity contribution in [1.82, 2.24) is 20.1 Å². The zero-order valence-corrected chi connectivity index (χ0v) is 14.1. The monoisotopic (exact) mass is 330 g/mol. The van der Waals surface area contributed by atoms with Gasteiger partial charge < -0.3 is 10.3 Å². The Bertz CT molecular complexity index is 865. The van der Waals surface area contributed by atoms with Crippen LogP contribution in [0.3, 0.4) is 0 Å². The van der Waals surface area contributed by atoms with E-state index in [9.17, 15) is 4.79 Å². The molecule has 23 heavy (non-hydrogen) atoms. The molecule has 0 saturated carbocycles. The van der Waals surface area contributed by atoms with Crippen LogP contribution in [0.2, 0.25) is 5.02 Å². The van der Waals surface area contributed by atoms with Gasteiger partial charge in [0.05, 0.1) is 11.2 Å². The smallest absolute Gasteiger partial charge is 0.244 e. The van der Waals surface area contributed by atoms with Gasteiger partial charge in [0.1, 0.15) is 6.04 Å². The maximum atomic E-state index is 12.2. The molecule has 1 amide bonds. The quantitative estimate of drug-likeness (QED) is 0.769. The highest BCUT2D eigenvalue weighted by Gasteiger charge is 2.15. The van der Waals surface area contributed by atoms with E-state index in [-0.39, 0.29) is 5.91 Å². The normalized spacial score (nSPS) is 12.5. The Hall–Kier alpha value is -2.27. The van der Waals surface area contributed by atoms with Crippen molar-refractivity contribution in [2.24, 2.45) is 0 Å². The summed E-state index contributed by atoms with van der Waals surface area (Å²) in [5, 5.41) is 8.73. The molecule has 1 atom stereocenters. The highest BCUT2D eigenvalue weighted by atomic mass is 35.5. The van der Waals surface area contributed by atoms with Gasteiger partial charge in [0.2, 0.25) is 5.91 Å². The summed E-state index contributed by atoms with van der Waals surface area (Å²) in [5.41, 5.74) is 4.60. The van der Waals surface area contributed by atoms with Crippen LogP contribution in [-0.4, -0.2) is 20.7 Å². The summed E-state index contributed by atoms with van der Waals surface area (Å²) in [7, 11) is 0. The van der Waals surface area contributed by atoms with Crippen molar-refractivity contribution in [2.75, 3.05) is 0 Å². The van der Waals surface area contributed by atoms with Crippen molar-refractivity contribution in [3.63, 3.8) is 0 Å². The van der Waals surface area contributed by atoms with E-state index in [0.717, 1.165) is 11.1 Å². The molecule has 5 nitrogen and oxygen atoms in total. The third kappa shape index (κ3) is 3.10. The van der Waals surface area contributed by atoms with Gasteiger partial charge in [-0.3, -0.25) is 9.48 Å². The average molecular weight is 331 g/mol. The minimum absolute atomic E-state index is 0.0909. The first-order chi connectivity index (χ1) is 11.0. The van der Waals surface area contributed by atoms with Crippen LogP contribution in [0.4, 0.5) is 0 Å². The van der Waals surface area contributed by atoms with Crippen LogP contribution in [0.25, 0.3) is 10.9 Å². The summed E-state index contributed by atoms with van der Waals surface area (Å²) in [6, 6.07) is 5.78. The number of aromatic amines is 1. The fraction of sp³-hybridized carbons (Fsp3) is 0.294. The minimum Gasteiger partial charge on any atom is -0.358 e. The van der Waals surface area contributed by atoms with Gasteiger partial charge >= 0.3 is 0 Å². The molecule has 0 aliphatic heterocycles. The average Bonchev–Trinajstić information content (AvgIpc) is 3.09. The van der Waals surface area contributed by atoms with E-state index in [1.807, 2.05) is 12.1 Å². The SMILES string of the molecule is Cc1[nH]c2ccc(CNC(=O)[C@H](C)n3cc(Cl)cn3)cc2c1C. The van der Waals surface area contributed by atoms with Gasteiger partial charge in [-0.25, -0.2) is 0 Å². The van der Waals surface area contributed by atoms with Gasteiger partial charge in [-0.05, 0) is 44.0 Å². The summed E-state index contributed by atoms with van der Waals surface area (Å²) in [5.74, 6) is -0.0909. The minimum atomic E-state index is -0.400. The summed E-state index contributed by atoms with van der Waals surface area (Å²) in [6.07, 6.45) is 3.17. The molecule has 2 heterocycles. The lowest BCUT2D eigenvalue weighted by Gasteiger charge is -2.12. The maximum absolute atomic E-state index is 12.2. The molecule has 1 aromatic carbocycles. The lowest BCUT2D eigenvalue weighted by molar-refractivity contribution is -0.124. The van der Waals surface area contributed by atoms with E-state index >= 15 is 0 Å². The first-order valence-corrected chi connectivity index (χ1v) is 7.88. The number of amides is 1. The highest BCUT2D eigenvalue weighted by molar-refractivity contribution is 6.30. The molecule has 0 bridgehead atoms. The third-order valence-corrected chi connectivity index (χ3v) is 4.38. The topological polar surface area (TPSA) is 62.7 Å². The van der Waals surface area contributed by atoms with E-state index in [1.54, 1.807) is 17.8 Å². The van der Waals surface area contributed by atoms with Crippen LogP contribution in [-0.2, 0) is 11.3 Å². The van der Waals surface area contributed by atoms with Crippen LogP contribution in [0.1, 0.15) is 29.8 Å². The van der Waals surface area contributed by atoms with Crippen molar-refractivity contribution in [2.45, 2.75) is 33.4 Å². The number of hydrogen-bond acceptors (Lipinski definition) is 2. The standard InChI is InChI=1S/C17H19ClN4O/c1-10-11(2)21-16-5-4-13(6-15(10)16)7-19-17(23)12(3)22-9-14(18)8-20-22/h4-6,8-9,12,21H,7H2,1-3H3,(H,19,23)/t12-/m0/s1. The van der Waals surface area contributed by atoms with Crippen molar-refractivity contribution < 1.29 is 4.79 Å². The van der Waals surface area contributed by atoms with Crippen LogP contribution < -0.4 is 5.32 Å². The molecule has 0 unspecified atom stereocenters. The van der Waals surface area contributed by atoms with Crippen LogP contribution >= 0.6 is 11.6 Å². The number of carbonyl (C=O) groups is 1. The molecule has 2 aromatic heterocycles. The number of fused-ring (bicyclic) bond motifs is 1. The van der Waals surface area contributed by atoms with E-state index in [2.05, 4.69) is 35.3 Å². The number of hydrogen-bond donors (Lipinski definition) is 2. The van der Waals surface area contributed by atoms with Gasteiger partial charge in [-0.15, -0.1) is 0 Å². The maximum Gasteiger partial charge on any atom is 0.244 e. The summed E-state index contributed by atoms with van der Waals surface area (Å²) in [4.78, 5) is 15.6. The number of aryl methyl sites for hydroxylation is 2. The number of H-pyrrole nitrogens is 1. The van der Waals surface area contributed by atoms with E-state index in [1.165, 1.54) is 22.8 Å². The number of nitrogens with one attached hydrogen (secondary N) is 2. The van der Waals surface area contributed by atoms with Crippen molar-refractivity contribution in [1.29, 1.82) is 0 Å². The number of carbonyl (C=O) groups excluding carboxylic acids is 1. The van der Waals surface area contributed by atoms with Gasteiger partial charge in [0, 0.05) is 29.3 Å². The Balaban J connectivity index is 1.70. The zero-order chi connectivity index (χ0) is 16.6. The van der Waals surface area contributed by atoms with E-state index < -0.39 is 6.04 Å². The molecule has 3 aromatic rings. The Morgan fingerprint density at radius 3 is 2.91 bits per heavy atom. The number of rotatable bonds is 4. The van der Waals surface area contributed by atoms with Gasteiger partial charge in [-0.2, -0.15) is 5.10 Å². The Kier molecular flexibility index (Phi) is 4.13. The number of aromatic nitrogens is 3. The zero-order valence-electron chi connectivity index (χ0n) is 13.4. The van der Waals surface area contributed by atoms with Crippen molar-refractivity contribution in [3.05, 3.63) is 52.4 Å². The Morgan fingerprint density at radius 2 is 2.22 bits per heavy atom. The molecule has 0 radical (unpaired) electrons. The molecular weight excluding hydrogens is 312 g/mol. The molecule has 0 fully saturated rings. The Labute approximate surface area is 139 Å². The van der Waals surface area contributed by atoms with Crippen molar-refractivity contribution >= 4 is 28.4 Å². The molecule has 2 N–H and O–H groups in total. The second kappa shape index (κ2) is 6.08. The molecule has 0 saturated heterocycles. The molecule has 120 valence electrons. The fourth-order valence-corrected chi connectivity index (χ4v) is 2.75. The van der Waals surface area contributed by atoms with Gasteiger partial charge in [-0.1, -0.05) is 17.7 Å². The first-order valence-electron chi connectivity index (χ1n) is 7.51. The summed E-state index contributed by atoms with van der Waals surface area (Å²) >= 11 is 5.84. The molecule has 0 aliphatic rings.